The molecule has 0 aliphatic carbocycles. The molecule has 2 rings (SSSR count). The Morgan fingerprint density at radius 2 is 2.29 bits per heavy atom. The predicted molar refractivity (Wildman–Crippen MR) is 77.6 cm³/mol. The lowest BCUT2D eigenvalue weighted by Gasteiger charge is -2.06. The molecule has 0 saturated carbocycles. The van der Waals surface area contributed by atoms with Gasteiger partial charge in [-0.3, -0.25) is 4.79 Å². The van der Waals surface area contributed by atoms with Crippen molar-refractivity contribution in [3.8, 4) is 5.69 Å². The lowest BCUT2D eigenvalue weighted by atomic mass is 10.3. The molecule has 0 saturated heterocycles. The Labute approximate surface area is 129 Å². The number of ether oxygens (including phenoxy) is 1. The number of halogens is 2. The lowest BCUT2D eigenvalue weighted by Crippen LogP contribution is -2.03. The molecule has 0 spiro atoms. The Morgan fingerprint density at radius 1 is 1.52 bits per heavy atom. The van der Waals surface area contributed by atoms with Crippen LogP contribution in [0.15, 0.2) is 29.3 Å². The Bertz CT molecular complexity index is 663. The molecule has 0 amide bonds. The third kappa shape index (κ3) is 3.96. The van der Waals surface area contributed by atoms with E-state index in [1.165, 1.54) is 23.9 Å². The van der Waals surface area contributed by atoms with Crippen molar-refractivity contribution in [2.75, 3.05) is 12.9 Å². The fourth-order valence-electron chi connectivity index (χ4n) is 1.67. The summed E-state index contributed by atoms with van der Waals surface area (Å²) in [6.45, 7) is 0.281. The Kier molecular flexibility index (Phi) is 5.22. The van der Waals surface area contributed by atoms with Crippen molar-refractivity contribution in [3.63, 3.8) is 0 Å². The number of thioether (sulfide) groups is 1. The molecular formula is C13H12ClFN2O3S. The van der Waals surface area contributed by atoms with Gasteiger partial charge in [-0.1, -0.05) is 23.4 Å². The third-order valence-corrected chi connectivity index (χ3v) is 3.80. The Balaban J connectivity index is 2.38. The molecule has 8 heteroatoms. The number of aliphatic carboxylic acids is 1. The first-order valence-electron chi connectivity index (χ1n) is 5.89. The van der Waals surface area contributed by atoms with Gasteiger partial charge < -0.3 is 9.84 Å². The second kappa shape index (κ2) is 6.93. The number of carboxylic acids is 1. The summed E-state index contributed by atoms with van der Waals surface area (Å²) in [6, 6.07) is 6.00. The van der Waals surface area contributed by atoms with Crippen LogP contribution in [0, 0.1) is 5.82 Å². The topological polar surface area (TPSA) is 64.3 Å². The monoisotopic (exact) mass is 330 g/mol. The van der Waals surface area contributed by atoms with Crippen molar-refractivity contribution in [1.82, 2.24) is 9.78 Å². The van der Waals surface area contributed by atoms with E-state index in [2.05, 4.69) is 5.10 Å². The van der Waals surface area contributed by atoms with Gasteiger partial charge in [0.15, 0.2) is 0 Å². The van der Waals surface area contributed by atoms with Crippen molar-refractivity contribution < 1.29 is 19.0 Å². The number of methoxy groups -OCH3 is 1. The van der Waals surface area contributed by atoms with E-state index in [0.717, 1.165) is 11.8 Å². The minimum atomic E-state index is -0.941. The van der Waals surface area contributed by atoms with Crippen LogP contribution in [0.1, 0.15) is 5.69 Å². The van der Waals surface area contributed by atoms with Gasteiger partial charge in [-0.2, -0.15) is 5.10 Å². The maximum Gasteiger partial charge on any atom is 0.313 e. The Morgan fingerprint density at radius 3 is 2.90 bits per heavy atom. The number of aromatic nitrogens is 2. The van der Waals surface area contributed by atoms with Crippen LogP contribution >= 0.6 is 23.4 Å². The van der Waals surface area contributed by atoms with Crippen LogP contribution in [0.25, 0.3) is 5.69 Å². The second-order valence-electron chi connectivity index (χ2n) is 4.10. The van der Waals surface area contributed by atoms with Crippen LogP contribution in [0.3, 0.4) is 0 Å². The minimum Gasteiger partial charge on any atom is -0.481 e. The highest BCUT2D eigenvalue weighted by Crippen LogP contribution is 2.25. The lowest BCUT2D eigenvalue weighted by molar-refractivity contribution is -0.133. The molecule has 0 aliphatic rings. The zero-order valence-electron chi connectivity index (χ0n) is 11.0. The first-order valence-corrected chi connectivity index (χ1v) is 7.25. The second-order valence-corrected chi connectivity index (χ2v) is 5.50. The highest BCUT2D eigenvalue weighted by atomic mass is 35.5. The van der Waals surface area contributed by atoms with Crippen molar-refractivity contribution in [1.29, 1.82) is 0 Å². The first-order chi connectivity index (χ1) is 10.0. The van der Waals surface area contributed by atoms with Crippen LogP contribution in [-0.4, -0.2) is 33.7 Å². The van der Waals surface area contributed by atoms with Gasteiger partial charge in [0.1, 0.15) is 10.8 Å². The van der Waals surface area contributed by atoms with Gasteiger partial charge in [0.05, 0.1) is 28.8 Å². The zero-order valence-corrected chi connectivity index (χ0v) is 12.6. The number of carboxylic acid groups (broad SMARTS) is 1. The van der Waals surface area contributed by atoms with Crippen LogP contribution < -0.4 is 0 Å². The summed E-state index contributed by atoms with van der Waals surface area (Å²) in [4.78, 5) is 10.7. The zero-order chi connectivity index (χ0) is 15.4. The van der Waals surface area contributed by atoms with E-state index in [0.29, 0.717) is 16.4 Å². The molecule has 5 nitrogen and oxygen atoms in total. The van der Waals surface area contributed by atoms with E-state index < -0.39 is 11.8 Å². The molecule has 1 aromatic heterocycles. The molecule has 0 radical (unpaired) electrons. The molecule has 0 fully saturated rings. The van der Waals surface area contributed by atoms with Crippen molar-refractivity contribution in [3.05, 3.63) is 40.8 Å². The number of carbonyl (C=O) groups is 1. The molecule has 1 aromatic carbocycles. The van der Waals surface area contributed by atoms with Crippen molar-refractivity contribution in [2.45, 2.75) is 11.6 Å². The normalized spacial score (nSPS) is 10.8. The summed E-state index contributed by atoms with van der Waals surface area (Å²) in [5.41, 5.74) is 1.09. The molecule has 2 aromatic rings. The van der Waals surface area contributed by atoms with Crippen LogP contribution in [0.2, 0.25) is 5.02 Å². The van der Waals surface area contributed by atoms with Gasteiger partial charge in [-0.25, -0.2) is 9.07 Å². The maximum atomic E-state index is 13.6. The van der Waals surface area contributed by atoms with E-state index in [1.807, 2.05) is 0 Å². The maximum absolute atomic E-state index is 13.6. The van der Waals surface area contributed by atoms with E-state index >= 15 is 0 Å². The average Bonchev–Trinajstić information content (AvgIpc) is 2.83. The van der Waals surface area contributed by atoms with Crippen LogP contribution in [0.5, 0.6) is 0 Å². The molecular weight excluding hydrogens is 319 g/mol. The van der Waals surface area contributed by atoms with Gasteiger partial charge >= 0.3 is 5.97 Å². The molecule has 21 heavy (non-hydrogen) atoms. The molecule has 0 atom stereocenters. The summed E-state index contributed by atoms with van der Waals surface area (Å²) in [5, 5.41) is 13.7. The largest absolute Gasteiger partial charge is 0.481 e. The highest BCUT2D eigenvalue weighted by molar-refractivity contribution is 7.99. The Hall–Kier alpha value is -1.57. The number of benzene rings is 1. The van der Waals surface area contributed by atoms with Gasteiger partial charge in [0.2, 0.25) is 0 Å². The summed E-state index contributed by atoms with van der Waals surface area (Å²) in [6.07, 6.45) is 0. The van der Waals surface area contributed by atoms with Crippen LogP contribution in [-0.2, 0) is 16.1 Å². The van der Waals surface area contributed by atoms with Gasteiger partial charge in [0.25, 0.3) is 0 Å². The molecule has 112 valence electrons. The van der Waals surface area contributed by atoms with Gasteiger partial charge in [-0.15, -0.1) is 0 Å². The fraction of sp³-hybridized carbons (Fsp3) is 0.231. The van der Waals surface area contributed by atoms with Gasteiger partial charge in [-0.05, 0) is 18.2 Å². The molecule has 1 heterocycles. The standard InChI is InChI=1S/C13H12ClFN2O3S/c1-20-6-8-4-12(21-7-13(18)19)17(16-8)9-2-3-10(14)11(15)5-9/h2-5H,6-7H2,1H3,(H,18,19). The molecule has 0 unspecified atom stereocenters. The number of hydrogen-bond acceptors (Lipinski definition) is 4. The quantitative estimate of drug-likeness (QED) is 0.825. The van der Waals surface area contributed by atoms with E-state index in [9.17, 15) is 9.18 Å². The molecule has 0 aliphatic heterocycles. The van der Waals surface area contributed by atoms with Crippen LogP contribution in [0.4, 0.5) is 4.39 Å². The molecule has 1 N–H and O–H groups in total. The summed E-state index contributed by atoms with van der Waals surface area (Å²) < 4.78 is 20.0. The van der Waals surface area contributed by atoms with Crippen molar-refractivity contribution >= 4 is 29.3 Å². The van der Waals surface area contributed by atoms with E-state index in [-0.39, 0.29) is 17.4 Å². The van der Waals surface area contributed by atoms with E-state index in [1.54, 1.807) is 12.1 Å². The summed E-state index contributed by atoms with van der Waals surface area (Å²) in [5.74, 6) is -1.62. The SMILES string of the molecule is COCc1cc(SCC(=O)O)n(-c2ccc(Cl)c(F)c2)n1. The fourth-order valence-corrected chi connectivity index (χ4v) is 2.55. The summed E-state index contributed by atoms with van der Waals surface area (Å²) in [7, 11) is 1.53. The minimum absolute atomic E-state index is 0.0164. The highest BCUT2D eigenvalue weighted by Gasteiger charge is 2.13. The number of nitrogens with zero attached hydrogens (tertiary/aromatic N) is 2. The number of rotatable bonds is 6. The predicted octanol–water partition coefficient (Wildman–Crippen LogP) is 2.99. The first kappa shape index (κ1) is 15.8. The average molecular weight is 331 g/mol. The molecule has 0 bridgehead atoms. The van der Waals surface area contributed by atoms with Crippen molar-refractivity contribution in [2.24, 2.45) is 0 Å². The van der Waals surface area contributed by atoms with Gasteiger partial charge in [0, 0.05) is 13.2 Å². The smallest absolute Gasteiger partial charge is 0.313 e. The van der Waals surface area contributed by atoms with E-state index in [4.69, 9.17) is 21.4 Å². The number of hydrogen-bond donors (Lipinski definition) is 1. The summed E-state index contributed by atoms with van der Waals surface area (Å²) >= 11 is 6.75. The third-order valence-electron chi connectivity index (χ3n) is 2.51.